The fraction of sp³-hybridized carbons (Fsp3) is 0.500. The Morgan fingerprint density at radius 1 is 1.19 bits per heavy atom. The number of amides is 3. The smallest absolute Gasteiger partial charge is 0.411 e. The van der Waals surface area contributed by atoms with Gasteiger partial charge in [-0.15, -0.1) is 0 Å². The SMILES string of the molecule is COC(=O)Nc1ccc(NC(=O)NCC2CCN(CC(F)(F)F)C2)cc1. The van der Waals surface area contributed by atoms with E-state index in [0.29, 0.717) is 37.4 Å². The number of benzene rings is 1. The molecule has 0 radical (unpaired) electrons. The third-order valence-corrected chi connectivity index (χ3v) is 3.90. The molecule has 1 unspecified atom stereocenters. The lowest BCUT2D eigenvalue weighted by Crippen LogP contribution is -2.36. The highest BCUT2D eigenvalue weighted by atomic mass is 19.4. The lowest BCUT2D eigenvalue weighted by atomic mass is 10.1. The number of carbonyl (C=O) groups is 2. The van der Waals surface area contributed by atoms with E-state index < -0.39 is 24.8 Å². The monoisotopic (exact) mass is 374 g/mol. The van der Waals surface area contributed by atoms with Crippen molar-refractivity contribution in [3.63, 3.8) is 0 Å². The second-order valence-corrected chi connectivity index (χ2v) is 6.03. The minimum absolute atomic E-state index is 0.00488. The molecule has 144 valence electrons. The molecule has 0 spiro atoms. The number of nitrogens with zero attached hydrogens (tertiary/aromatic N) is 1. The molecule has 3 N–H and O–H groups in total. The van der Waals surface area contributed by atoms with E-state index in [-0.39, 0.29) is 5.92 Å². The summed E-state index contributed by atoms with van der Waals surface area (Å²) in [5.74, 6) is -0.00488. The molecule has 0 saturated carbocycles. The maximum atomic E-state index is 12.4. The van der Waals surface area contributed by atoms with Crippen LogP contribution in [-0.2, 0) is 4.74 Å². The zero-order valence-corrected chi connectivity index (χ0v) is 14.2. The van der Waals surface area contributed by atoms with Crippen LogP contribution in [0.25, 0.3) is 0 Å². The van der Waals surface area contributed by atoms with Crippen molar-refractivity contribution in [3.8, 4) is 0 Å². The molecule has 2 rings (SSSR count). The highest BCUT2D eigenvalue weighted by Crippen LogP contribution is 2.22. The van der Waals surface area contributed by atoms with Crippen LogP contribution >= 0.6 is 0 Å². The molecule has 1 saturated heterocycles. The number of anilines is 2. The Morgan fingerprint density at radius 2 is 1.81 bits per heavy atom. The van der Waals surface area contributed by atoms with Gasteiger partial charge in [-0.05, 0) is 43.1 Å². The average molecular weight is 374 g/mol. The maximum absolute atomic E-state index is 12.4. The molecule has 1 atom stereocenters. The molecule has 10 heteroatoms. The molecule has 7 nitrogen and oxygen atoms in total. The van der Waals surface area contributed by atoms with Gasteiger partial charge in [-0.1, -0.05) is 0 Å². The predicted octanol–water partition coefficient (Wildman–Crippen LogP) is 2.87. The van der Waals surface area contributed by atoms with Crippen molar-refractivity contribution in [2.24, 2.45) is 5.92 Å². The molecule has 3 amide bonds. The number of hydrogen-bond acceptors (Lipinski definition) is 4. The number of nitrogens with one attached hydrogen (secondary N) is 3. The van der Waals surface area contributed by atoms with Gasteiger partial charge in [-0.25, -0.2) is 9.59 Å². The third-order valence-electron chi connectivity index (χ3n) is 3.90. The first-order chi connectivity index (χ1) is 12.2. The number of rotatable bonds is 5. The van der Waals surface area contributed by atoms with Gasteiger partial charge < -0.3 is 15.4 Å². The number of halogens is 3. The van der Waals surface area contributed by atoms with Gasteiger partial charge >= 0.3 is 18.3 Å². The minimum Gasteiger partial charge on any atom is -0.453 e. The Bertz CT molecular complexity index is 622. The number of carbonyl (C=O) groups excluding carboxylic acids is 2. The molecule has 1 aliphatic heterocycles. The first kappa shape index (κ1) is 19.8. The van der Waals surface area contributed by atoms with Gasteiger partial charge in [0.25, 0.3) is 0 Å². The summed E-state index contributed by atoms with van der Waals surface area (Å²) < 4.78 is 41.5. The fourth-order valence-electron chi connectivity index (χ4n) is 2.69. The van der Waals surface area contributed by atoms with Crippen molar-refractivity contribution in [1.82, 2.24) is 10.2 Å². The molecule has 0 aliphatic carbocycles. The molecule has 0 bridgehead atoms. The third kappa shape index (κ3) is 6.79. The number of hydrogen-bond donors (Lipinski definition) is 3. The van der Waals surface area contributed by atoms with Crippen molar-refractivity contribution in [3.05, 3.63) is 24.3 Å². The average Bonchev–Trinajstić information content (AvgIpc) is 3.00. The van der Waals surface area contributed by atoms with Crippen molar-refractivity contribution >= 4 is 23.5 Å². The van der Waals surface area contributed by atoms with Crippen molar-refractivity contribution in [2.75, 3.05) is 43.9 Å². The van der Waals surface area contributed by atoms with Crippen LogP contribution in [0.15, 0.2) is 24.3 Å². The molecule has 0 aromatic heterocycles. The van der Waals surface area contributed by atoms with Crippen LogP contribution in [0.4, 0.5) is 34.1 Å². The lowest BCUT2D eigenvalue weighted by Gasteiger charge is -2.18. The van der Waals surface area contributed by atoms with Crippen molar-refractivity contribution < 1.29 is 27.5 Å². The van der Waals surface area contributed by atoms with E-state index >= 15 is 0 Å². The van der Waals surface area contributed by atoms with E-state index in [2.05, 4.69) is 20.7 Å². The molecule has 1 aliphatic rings. The Kier molecular flexibility index (Phi) is 6.67. The van der Waals surface area contributed by atoms with Crippen LogP contribution < -0.4 is 16.0 Å². The molecule has 1 aromatic carbocycles. The van der Waals surface area contributed by atoms with Gasteiger partial charge in [-0.3, -0.25) is 10.2 Å². The molecular weight excluding hydrogens is 353 g/mol. The Hall–Kier alpha value is -2.49. The summed E-state index contributed by atoms with van der Waals surface area (Å²) in [5.41, 5.74) is 1.03. The largest absolute Gasteiger partial charge is 0.453 e. The van der Waals surface area contributed by atoms with E-state index in [1.807, 2.05) is 0 Å². The minimum atomic E-state index is -4.20. The summed E-state index contributed by atoms with van der Waals surface area (Å²) in [5, 5.41) is 7.77. The Balaban J connectivity index is 1.71. The summed E-state index contributed by atoms with van der Waals surface area (Å²) >= 11 is 0. The second-order valence-electron chi connectivity index (χ2n) is 6.03. The molecule has 26 heavy (non-hydrogen) atoms. The summed E-state index contributed by atoms with van der Waals surface area (Å²) in [7, 11) is 1.25. The van der Waals surface area contributed by atoms with Crippen LogP contribution in [-0.4, -0.2) is 56.5 Å². The van der Waals surface area contributed by atoms with Crippen molar-refractivity contribution in [1.29, 1.82) is 0 Å². The topological polar surface area (TPSA) is 82.7 Å². The Morgan fingerprint density at radius 3 is 2.38 bits per heavy atom. The summed E-state index contributed by atoms with van der Waals surface area (Å²) in [6.07, 6.45) is -4.18. The highest BCUT2D eigenvalue weighted by molar-refractivity contribution is 5.90. The van der Waals surface area contributed by atoms with Gasteiger partial charge in [0.05, 0.1) is 13.7 Å². The number of ether oxygens (including phenoxy) is 1. The second kappa shape index (κ2) is 8.75. The van der Waals surface area contributed by atoms with E-state index in [1.165, 1.54) is 12.0 Å². The van der Waals surface area contributed by atoms with Crippen molar-refractivity contribution in [2.45, 2.75) is 12.6 Å². The quantitative estimate of drug-likeness (QED) is 0.740. The van der Waals surface area contributed by atoms with E-state index in [1.54, 1.807) is 24.3 Å². The molecular formula is C16H21F3N4O3. The standard InChI is InChI=1S/C16H21F3N4O3/c1-26-15(25)22-13-4-2-12(3-5-13)21-14(24)20-8-11-6-7-23(9-11)10-16(17,18)19/h2-5,11H,6-10H2,1H3,(H,22,25)(H2,20,21,24). The Labute approximate surface area is 148 Å². The van der Waals surface area contributed by atoms with Gasteiger partial charge in [0.2, 0.25) is 0 Å². The van der Waals surface area contributed by atoms with Gasteiger partial charge in [0.1, 0.15) is 0 Å². The zero-order chi connectivity index (χ0) is 19.2. The number of alkyl halides is 3. The number of likely N-dealkylation sites (tertiary alicyclic amines) is 1. The van der Waals surface area contributed by atoms with Gasteiger partial charge in [-0.2, -0.15) is 13.2 Å². The zero-order valence-electron chi connectivity index (χ0n) is 14.2. The molecule has 1 heterocycles. The van der Waals surface area contributed by atoms with Crippen LogP contribution in [0, 0.1) is 5.92 Å². The lowest BCUT2D eigenvalue weighted by molar-refractivity contribution is -0.143. The van der Waals surface area contributed by atoms with Crippen LogP contribution in [0.2, 0.25) is 0 Å². The van der Waals surface area contributed by atoms with Gasteiger partial charge in [0.15, 0.2) is 0 Å². The maximum Gasteiger partial charge on any atom is 0.411 e. The first-order valence-electron chi connectivity index (χ1n) is 8.04. The number of methoxy groups -OCH3 is 1. The summed E-state index contributed by atoms with van der Waals surface area (Å²) in [6.45, 7) is 0.0830. The van der Waals surface area contributed by atoms with Gasteiger partial charge in [0, 0.05) is 24.5 Å². The summed E-state index contributed by atoms with van der Waals surface area (Å²) in [6, 6.07) is 5.96. The van der Waals surface area contributed by atoms with E-state index in [0.717, 1.165) is 0 Å². The number of urea groups is 1. The normalized spacial score (nSPS) is 17.6. The van der Waals surface area contributed by atoms with Crippen LogP contribution in [0.3, 0.4) is 0 Å². The molecule has 1 fully saturated rings. The fourth-order valence-corrected chi connectivity index (χ4v) is 2.69. The predicted molar refractivity (Wildman–Crippen MR) is 90.1 cm³/mol. The molecule has 1 aromatic rings. The van der Waals surface area contributed by atoms with E-state index in [4.69, 9.17) is 0 Å². The highest BCUT2D eigenvalue weighted by Gasteiger charge is 2.34. The van der Waals surface area contributed by atoms with E-state index in [9.17, 15) is 22.8 Å². The summed E-state index contributed by atoms with van der Waals surface area (Å²) in [4.78, 5) is 24.3. The van der Waals surface area contributed by atoms with Crippen LogP contribution in [0.1, 0.15) is 6.42 Å². The first-order valence-corrected chi connectivity index (χ1v) is 8.04. The van der Waals surface area contributed by atoms with Crippen LogP contribution in [0.5, 0.6) is 0 Å².